The molecule has 0 aliphatic carbocycles. The molecule has 3 heteroatoms. The van der Waals surface area contributed by atoms with Crippen LogP contribution < -0.4 is 5.32 Å². The minimum Gasteiger partial charge on any atom is -0.310 e. The molecule has 1 N–H and O–H groups in total. The summed E-state index contributed by atoms with van der Waals surface area (Å²) in [4.78, 5) is 6.54. The molecule has 0 amide bonds. The highest BCUT2D eigenvalue weighted by Crippen LogP contribution is 2.28. The molecule has 0 fully saturated rings. The fourth-order valence-electron chi connectivity index (χ4n) is 2.13. The summed E-state index contributed by atoms with van der Waals surface area (Å²) in [5.41, 5.74) is 1.38. The Labute approximate surface area is 126 Å². The zero-order valence-corrected chi connectivity index (χ0v) is 13.0. The van der Waals surface area contributed by atoms with Gasteiger partial charge in [0.1, 0.15) is 0 Å². The van der Waals surface area contributed by atoms with Crippen molar-refractivity contribution in [3.63, 3.8) is 0 Å². The standard InChI is InChI=1S/C17H22N2S/c1-3-11-19-17(4-2)14-5-7-15(8-6-14)20-16-9-12-18-13-10-16/h5-10,12-13,17,19H,3-4,11H2,1-2H3. The first kappa shape index (κ1) is 15.1. The summed E-state index contributed by atoms with van der Waals surface area (Å²) < 4.78 is 0. The van der Waals surface area contributed by atoms with Crippen LogP contribution in [0.2, 0.25) is 0 Å². The summed E-state index contributed by atoms with van der Waals surface area (Å²) in [5, 5.41) is 3.59. The molecule has 0 aliphatic heterocycles. The van der Waals surface area contributed by atoms with Crippen LogP contribution in [-0.4, -0.2) is 11.5 Å². The third kappa shape index (κ3) is 4.36. The van der Waals surface area contributed by atoms with E-state index in [0.29, 0.717) is 6.04 Å². The summed E-state index contributed by atoms with van der Waals surface area (Å²) in [6, 6.07) is 13.4. The Kier molecular flexibility index (Phi) is 6.09. The molecule has 1 atom stereocenters. The third-order valence-corrected chi connectivity index (χ3v) is 4.23. The number of benzene rings is 1. The molecule has 106 valence electrons. The van der Waals surface area contributed by atoms with Gasteiger partial charge in [0.05, 0.1) is 0 Å². The number of hydrogen-bond acceptors (Lipinski definition) is 3. The Morgan fingerprint density at radius 1 is 1.00 bits per heavy atom. The van der Waals surface area contributed by atoms with Crippen molar-refractivity contribution >= 4 is 11.8 Å². The fraction of sp³-hybridized carbons (Fsp3) is 0.353. The highest BCUT2D eigenvalue weighted by molar-refractivity contribution is 7.99. The molecule has 1 unspecified atom stereocenters. The van der Waals surface area contributed by atoms with Gasteiger partial charge in [0.15, 0.2) is 0 Å². The summed E-state index contributed by atoms with van der Waals surface area (Å²) >= 11 is 1.77. The molecule has 0 saturated heterocycles. The molecule has 1 heterocycles. The van der Waals surface area contributed by atoms with Crippen molar-refractivity contribution in [3.05, 3.63) is 54.4 Å². The van der Waals surface area contributed by atoms with Gasteiger partial charge in [-0.1, -0.05) is 37.7 Å². The molecule has 2 nitrogen and oxygen atoms in total. The lowest BCUT2D eigenvalue weighted by Gasteiger charge is -2.17. The van der Waals surface area contributed by atoms with E-state index in [4.69, 9.17) is 0 Å². The van der Waals surface area contributed by atoms with E-state index in [1.165, 1.54) is 21.8 Å². The summed E-state index contributed by atoms with van der Waals surface area (Å²) in [6.45, 7) is 5.51. The average molecular weight is 286 g/mol. The van der Waals surface area contributed by atoms with E-state index in [2.05, 4.69) is 48.4 Å². The molecule has 0 spiro atoms. The number of rotatable bonds is 7. The Morgan fingerprint density at radius 2 is 1.65 bits per heavy atom. The van der Waals surface area contributed by atoms with E-state index in [9.17, 15) is 0 Å². The van der Waals surface area contributed by atoms with Crippen LogP contribution in [0.25, 0.3) is 0 Å². The summed E-state index contributed by atoms with van der Waals surface area (Å²) in [5.74, 6) is 0. The van der Waals surface area contributed by atoms with Gasteiger partial charge in [0.25, 0.3) is 0 Å². The first-order chi connectivity index (χ1) is 9.83. The van der Waals surface area contributed by atoms with Gasteiger partial charge < -0.3 is 5.32 Å². The smallest absolute Gasteiger partial charge is 0.0317 e. The second-order valence-corrected chi connectivity index (χ2v) is 5.92. The van der Waals surface area contributed by atoms with Crippen molar-refractivity contribution in [1.29, 1.82) is 0 Å². The molecule has 0 radical (unpaired) electrons. The number of nitrogens with zero attached hydrogens (tertiary/aromatic N) is 1. The first-order valence-corrected chi connectivity index (χ1v) is 8.06. The van der Waals surface area contributed by atoms with E-state index in [-0.39, 0.29) is 0 Å². The lowest BCUT2D eigenvalue weighted by atomic mass is 10.0. The second-order valence-electron chi connectivity index (χ2n) is 4.77. The van der Waals surface area contributed by atoms with Crippen LogP contribution in [0.1, 0.15) is 38.3 Å². The normalized spacial score (nSPS) is 12.3. The zero-order valence-electron chi connectivity index (χ0n) is 12.2. The number of nitrogens with one attached hydrogen (secondary N) is 1. The third-order valence-electron chi connectivity index (χ3n) is 3.22. The van der Waals surface area contributed by atoms with Crippen LogP contribution in [0.3, 0.4) is 0 Å². The van der Waals surface area contributed by atoms with Gasteiger partial charge in [-0.25, -0.2) is 0 Å². The van der Waals surface area contributed by atoms with Crippen molar-refractivity contribution < 1.29 is 0 Å². The fourth-order valence-corrected chi connectivity index (χ4v) is 2.93. The predicted molar refractivity (Wildman–Crippen MR) is 86.1 cm³/mol. The van der Waals surface area contributed by atoms with Crippen LogP contribution in [0.4, 0.5) is 0 Å². The van der Waals surface area contributed by atoms with E-state index < -0.39 is 0 Å². The topological polar surface area (TPSA) is 24.9 Å². The van der Waals surface area contributed by atoms with E-state index in [1.54, 1.807) is 11.8 Å². The summed E-state index contributed by atoms with van der Waals surface area (Å²) in [6.07, 6.45) is 5.96. The van der Waals surface area contributed by atoms with E-state index >= 15 is 0 Å². The predicted octanol–water partition coefficient (Wildman–Crippen LogP) is 4.68. The molecule has 1 aromatic heterocycles. The van der Waals surface area contributed by atoms with Crippen LogP contribution >= 0.6 is 11.8 Å². The highest BCUT2D eigenvalue weighted by Gasteiger charge is 2.07. The van der Waals surface area contributed by atoms with Crippen LogP contribution in [-0.2, 0) is 0 Å². The van der Waals surface area contributed by atoms with Gasteiger partial charge in [-0.15, -0.1) is 0 Å². The van der Waals surface area contributed by atoms with E-state index in [0.717, 1.165) is 13.0 Å². The van der Waals surface area contributed by atoms with Gasteiger partial charge in [-0.2, -0.15) is 0 Å². The molecular formula is C17H22N2S. The maximum absolute atomic E-state index is 4.04. The van der Waals surface area contributed by atoms with Gasteiger partial charge >= 0.3 is 0 Å². The summed E-state index contributed by atoms with van der Waals surface area (Å²) in [7, 11) is 0. The van der Waals surface area contributed by atoms with Crippen LogP contribution in [0.5, 0.6) is 0 Å². The maximum atomic E-state index is 4.04. The molecule has 0 aliphatic rings. The molecular weight excluding hydrogens is 264 g/mol. The minimum atomic E-state index is 0.468. The zero-order chi connectivity index (χ0) is 14.2. The Bertz CT molecular complexity index is 496. The van der Waals surface area contributed by atoms with Crippen molar-refractivity contribution in [2.24, 2.45) is 0 Å². The van der Waals surface area contributed by atoms with Crippen molar-refractivity contribution in [1.82, 2.24) is 10.3 Å². The minimum absolute atomic E-state index is 0.468. The number of aromatic nitrogens is 1. The SMILES string of the molecule is CCCNC(CC)c1ccc(Sc2ccncc2)cc1. The number of pyridine rings is 1. The van der Waals surface area contributed by atoms with Crippen LogP contribution in [0, 0.1) is 0 Å². The maximum Gasteiger partial charge on any atom is 0.0317 e. The molecule has 0 saturated carbocycles. The second kappa shape index (κ2) is 8.08. The quantitative estimate of drug-likeness (QED) is 0.799. The largest absolute Gasteiger partial charge is 0.310 e. The van der Waals surface area contributed by atoms with Gasteiger partial charge in [0.2, 0.25) is 0 Å². The van der Waals surface area contributed by atoms with Crippen molar-refractivity contribution in [2.75, 3.05) is 6.54 Å². The van der Waals surface area contributed by atoms with Crippen molar-refractivity contribution in [3.8, 4) is 0 Å². The average Bonchev–Trinajstić information content (AvgIpc) is 2.50. The molecule has 1 aromatic carbocycles. The lowest BCUT2D eigenvalue weighted by molar-refractivity contribution is 0.518. The Hall–Kier alpha value is -1.32. The highest BCUT2D eigenvalue weighted by atomic mass is 32.2. The first-order valence-electron chi connectivity index (χ1n) is 7.24. The lowest BCUT2D eigenvalue weighted by Crippen LogP contribution is -2.21. The Morgan fingerprint density at radius 3 is 2.25 bits per heavy atom. The van der Waals surface area contributed by atoms with Crippen LogP contribution in [0.15, 0.2) is 58.6 Å². The molecule has 20 heavy (non-hydrogen) atoms. The Balaban J connectivity index is 2.02. The van der Waals surface area contributed by atoms with Gasteiger partial charge in [-0.3, -0.25) is 4.98 Å². The molecule has 0 bridgehead atoms. The molecule has 2 rings (SSSR count). The van der Waals surface area contributed by atoms with E-state index in [1.807, 2.05) is 24.5 Å². The van der Waals surface area contributed by atoms with Gasteiger partial charge in [-0.05, 0) is 49.2 Å². The van der Waals surface area contributed by atoms with Gasteiger partial charge in [0, 0.05) is 28.2 Å². The number of hydrogen-bond donors (Lipinski definition) is 1. The van der Waals surface area contributed by atoms with Crippen molar-refractivity contribution in [2.45, 2.75) is 42.5 Å². The molecule has 2 aromatic rings. The monoisotopic (exact) mass is 286 g/mol.